The van der Waals surface area contributed by atoms with Gasteiger partial charge >= 0.3 is 5.97 Å². The number of esters is 1. The average molecular weight is 292 g/mol. The van der Waals surface area contributed by atoms with Gasteiger partial charge in [-0.3, -0.25) is 4.79 Å². The van der Waals surface area contributed by atoms with Gasteiger partial charge in [-0.05, 0) is 39.3 Å². The molecule has 1 N–H and O–H groups in total. The van der Waals surface area contributed by atoms with Crippen LogP contribution in [0.3, 0.4) is 0 Å². The minimum Gasteiger partial charge on any atom is -0.466 e. The van der Waals surface area contributed by atoms with Crippen LogP contribution < -0.4 is 5.32 Å². The molecule has 6 nitrogen and oxygen atoms in total. The molecule has 112 valence electrons. The first kappa shape index (κ1) is 16.4. The Morgan fingerprint density at radius 2 is 2.11 bits per heavy atom. The molecule has 0 bridgehead atoms. The van der Waals surface area contributed by atoms with Crippen molar-refractivity contribution >= 4 is 16.0 Å². The fraction of sp³-hybridized carbons (Fsp3) is 0.917. The SMILES string of the molecule is CCOC(=O)CCS(=O)(=O)N(C)C1CCCNCC1. The molecule has 1 atom stereocenters. The highest BCUT2D eigenvalue weighted by atomic mass is 32.2. The second-order valence-corrected chi connectivity index (χ2v) is 6.87. The fourth-order valence-corrected chi connectivity index (χ4v) is 3.56. The molecule has 19 heavy (non-hydrogen) atoms. The van der Waals surface area contributed by atoms with Gasteiger partial charge in [-0.25, -0.2) is 12.7 Å². The van der Waals surface area contributed by atoms with Crippen LogP contribution in [-0.2, 0) is 19.6 Å². The molecule has 1 saturated heterocycles. The quantitative estimate of drug-likeness (QED) is 0.715. The lowest BCUT2D eigenvalue weighted by atomic mass is 10.1. The minimum atomic E-state index is -3.38. The summed E-state index contributed by atoms with van der Waals surface area (Å²) in [6.45, 7) is 3.76. The van der Waals surface area contributed by atoms with Crippen LogP contribution >= 0.6 is 0 Å². The monoisotopic (exact) mass is 292 g/mol. The van der Waals surface area contributed by atoms with Crippen LogP contribution in [0.15, 0.2) is 0 Å². The van der Waals surface area contributed by atoms with Gasteiger partial charge in [0.15, 0.2) is 0 Å². The van der Waals surface area contributed by atoms with Gasteiger partial charge in [0.25, 0.3) is 0 Å². The van der Waals surface area contributed by atoms with Crippen molar-refractivity contribution in [2.45, 2.75) is 38.6 Å². The summed E-state index contributed by atoms with van der Waals surface area (Å²) in [7, 11) is -1.78. The zero-order valence-electron chi connectivity index (χ0n) is 11.7. The van der Waals surface area contributed by atoms with Gasteiger partial charge in [-0.15, -0.1) is 0 Å². The standard InChI is InChI=1S/C12H24N2O4S/c1-3-18-12(15)7-10-19(16,17)14(2)11-5-4-8-13-9-6-11/h11,13H,3-10H2,1-2H3. The molecular formula is C12H24N2O4S. The van der Waals surface area contributed by atoms with E-state index in [1.165, 1.54) is 4.31 Å². The summed E-state index contributed by atoms with van der Waals surface area (Å²) in [6.07, 6.45) is 2.57. The third-order valence-corrected chi connectivity index (χ3v) is 5.26. The second kappa shape index (κ2) is 7.81. The smallest absolute Gasteiger partial charge is 0.306 e. The molecule has 1 heterocycles. The lowest BCUT2D eigenvalue weighted by Crippen LogP contribution is -2.39. The van der Waals surface area contributed by atoms with E-state index in [0.717, 1.165) is 32.4 Å². The van der Waals surface area contributed by atoms with Gasteiger partial charge in [0.1, 0.15) is 0 Å². The van der Waals surface area contributed by atoms with Crippen molar-refractivity contribution in [2.24, 2.45) is 0 Å². The van der Waals surface area contributed by atoms with Gasteiger partial charge < -0.3 is 10.1 Å². The highest BCUT2D eigenvalue weighted by molar-refractivity contribution is 7.89. The van der Waals surface area contributed by atoms with Gasteiger partial charge in [-0.2, -0.15) is 0 Å². The lowest BCUT2D eigenvalue weighted by Gasteiger charge is -2.26. The maximum absolute atomic E-state index is 12.1. The van der Waals surface area contributed by atoms with E-state index in [1.807, 2.05) is 0 Å². The Labute approximate surface area is 115 Å². The fourth-order valence-electron chi connectivity index (χ4n) is 2.18. The Kier molecular flexibility index (Phi) is 6.74. The molecule has 0 aromatic heterocycles. The van der Waals surface area contributed by atoms with Crippen LogP contribution in [0.2, 0.25) is 0 Å². The molecule has 1 rings (SSSR count). The lowest BCUT2D eigenvalue weighted by molar-refractivity contribution is -0.142. The number of hydrogen-bond donors (Lipinski definition) is 1. The summed E-state index contributed by atoms with van der Waals surface area (Å²) in [4.78, 5) is 11.2. The highest BCUT2D eigenvalue weighted by Crippen LogP contribution is 2.16. The minimum absolute atomic E-state index is 0.0298. The number of sulfonamides is 1. The number of carbonyl (C=O) groups is 1. The van der Waals surface area contributed by atoms with Gasteiger partial charge in [0.05, 0.1) is 18.8 Å². The van der Waals surface area contributed by atoms with E-state index < -0.39 is 16.0 Å². The Morgan fingerprint density at radius 1 is 1.37 bits per heavy atom. The van der Waals surface area contributed by atoms with Gasteiger partial charge in [0, 0.05) is 13.1 Å². The summed E-state index contributed by atoms with van der Waals surface area (Å²) in [5.41, 5.74) is 0. The predicted molar refractivity (Wildman–Crippen MR) is 73.3 cm³/mol. The van der Waals surface area contributed by atoms with Crippen molar-refractivity contribution in [3.63, 3.8) is 0 Å². The molecular weight excluding hydrogens is 268 g/mol. The molecule has 1 aliphatic heterocycles. The molecule has 0 aromatic carbocycles. The first-order valence-electron chi connectivity index (χ1n) is 6.79. The summed E-state index contributed by atoms with van der Waals surface area (Å²) in [5, 5.41) is 3.25. The number of carbonyl (C=O) groups excluding carboxylic acids is 1. The molecule has 0 aromatic rings. The average Bonchev–Trinajstić information content (AvgIpc) is 2.64. The summed E-state index contributed by atoms with van der Waals surface area (Å²) in [5.74, 6) is -0.631. The Hall–Kier alpha value is -0.660. The summed E-state index contributed by atoms with van der Waals surface area (Å²) >= 11 is 0. The van der Waals surface area contributed by atoms with Gasteiger partial charge in [-0.1, -0.05) is 0 Å². The highest BCUT2D eigenvalue weighted by Gasteiger charge is 2.27. The van der Waals surface area contributed by atoms with Crippen molar-refractivity contribution in [3.05, 3.63) is 0 Å². The van der Waals surface area contributed by atoms with Gasteiger partial charge in [0.2, 0.25) is 10.0 Å². The first-order chi connectivity index (χ1) is 8.97. The number of hydrogen-bond acceptors (Lipinski definition) is 5. The molecule has 0 amide bonds. The molecule has 1 fully saturated rings. The molecule has 0 saturated carbocycles. The van der Waals surface area contributed by atoms with E-state index >= 15 is 0 Å². The van der Waals surface area contributed by atoms with E-state index in [9.17, 15) is 13.2 Å². The third kappa shape index (κ3) is 5.46. The van der Waals surface area contributed by atoms with Crippen molar-refractivity contribution < 1.29 is 17.9 Å². The zero-order chi connectivity index (χ0) is 14.3. The molecule has 7 heteroatoms. The maximum Gasteiger partial charge on any atom is 0.306 e. The molecule has 1 unspecified atom stereocenters. The maximum atomic E-state index is 12.1. The molecule has 1 aliphatic rings. The van der Waals surface area contributed by atoms with Crippen LogP contribution in [0.25, 0.3) is 0 Å². The third-order valence-electron chi connectivity index (χ3n) is 3.37. The van der Waals surface area contributed by atoms with Crippen LogP contribution in [0.4, 0.5) is 0 Å². The molecule has 0 aliphatic carbocycles. The van der Waals surface area contributed by atoms with E-state index in [1.54, 1.807) is 14.0 Å². The van der Waals surface area contributed by atoms with Crippen LogP contribution in [0.5, 0.6) is 0 Å². The molecule has 0 spiro atoms. The van der Waals surface area contributed by atoms with E-state index in [-0.39, 0.29) is 24.8 Å². The van der Waals surface area contributed by atoms with Crippen molar-refractivity contribution in [1.82, 2.24) is 9.62 Å². The van der Waals surface area contributed by atoms with Crippen LogP contribution in [0.1, 0.15) is 32.6 Å². The largest absolute Gasteiger partial charge is 0.466 e. The van der Waals surface area contributed by atoms with E-state index in [0.29, 0.717) is 0 Å². The zero-order valence-corrected chi connectivity index (χ0v) is 12.5. The first-order valence-corrected chi connectivity index (χ1v) is 8.40. The Balaban J connectivity index is 2.52. The number of nitrogens with one attached hydrogen (secondary N) is 1. The predicted octanol–water partition coefficient (Wildman–Crippen LogP) is 0.343. The van der Waals surface area contributed by atoms with Crippen molar-refractivity contribution in [3.8, 4) is 0 Å². The normalized spacial score (nSPS) is 21.1. The van der Waals surface area contributed by atoms with E-state index in [4.69, 9.17) is 4.74 Å². The summed E-state index contributed by atoms with van der Waals surface area (Å²) < 4.78 is 30.5. The van der Waals surface area contributed by atoms with Crippen molar-refractivity contribution in [2.75, 3.05) is 32.5 Å². The molecule has 0 radical (unpaired) electrons. The number of rotatable bonds is 6. The Bertz CT molecular complexity index is 375. The number of nitrogens with zero attached hydrogens (tertiary/aromatic N) is 1. The topological polar surface area (TPSA) is 75.7 Å². The second-order valence-electron chi connectivity index (χ2n) is 4.72. The van der Waals surface area contributed by atoms with Crippen LogP contribution in [0, 0.1) is 0 Å². The van der Waals surface area contributed by atoms with E-state index in [2.05, 4.69) is 5.32 Å². The Morgan fingerprint density at radius 3 is 2.79 bits per heavy atom. The van der Waals surface area contributed by atoms with Crippen LogP contribution in [-0.4, -0.2) is 57.2 Å². The number of ether oxygens (including phenoxy) is 1. The van der Waals surface area contributed by atoms with Crippen molar-refractivity contribution in [1.29, 1.82) is 0 Å². The summed E-state index contributed by atoms with van der Waals surface area (Å²) in [6, 6.07) is 0.0298.